The molecule has 0 aliphatic rings. The molecule has 1 heterocycles. The molecule has 0 aliphatic carbocycles. The van der Waals surface area contributed by atoms with Gasteiger partial charge in [-0.3, -0.25) is 0 Å². The number of benzene rings is 1. The molecule has 21 heavy (non-hydrogen) atoms. The predicted octanol–water partition coefficient (Wildman–Crippen LogP) is 4.19. The fourth-order valence-electron chi connectivity index (χ4n) is 2.04. The molecule has 2 aromatic rings. The number of aromatic nitrogens is 2. The molecule has 1 aromatic heterocycles. The van der Waals surface area contributed by atoms with E-state index in [4.69, 9.17) is 4.74 Å². The Labute approximate surface area is 130 Å². The summed E-state index contributed by atoms with van der Waals surface area (Å²) in [6, 6.07) is 8.01. The lowest BCUT2D eigenvalue weighted by Crippen LogP contribution is -2.07. The molecular weight excluding hydrogens is 282 g/mol. The third-order valence-corrected chi connectivity index (χ3v) is 4.07. The second kappa shape index (κ2) is 7.31. The maximum Gasteiger partial charge on any atom is 0.133 e. The molecule has 0 aliphatic heterocycles. The van der Waals surface area contributed by atoms with Crippen LogP contribution in [-0.4, -0.2) is 23.6 Å². The van der Waals surface area contributed by atoms with Crippen molar-refractivity contribution >= 4 is 17.6 Å². The Hall–Kier alpha value is -1.75. The SMILES string of the molecule is CCNc1ncnc(Sc2ccc(OC)cc2)c1C(C)C. The molecule has 0 fully saturated rings. The molecule has 0 radical (unpaired) electrons. The number of methoxy groups -OCH3 is 1. The Morgan fingerprint density at radius 2 is 1.90 bits per heavy atom. The summed E-state index contributed by atoms with van der Waals surface area (Å²) in [6.07, 6.45) is 1.62. The number of rotatable bonds is 6. The predicted molar refractivity (Wildman–Crippen MR) is 87.4 cm³/mol. The van der Waals surface area contributed by atoms with Gasteiger partial charge in [-0.15, -0.1) is 0 Å². The number of anilines is 1. The van der Waals surface area contributed by atoms with E-state index in [-0.39, 0.29) is 0 Å². The zero-order chi connectivity index (χ0) is 15.2. The monoisotopic (exact) mass is 303 g/mol. The fourth-order valence-corrected chi connectivity index (χ4v) is 3.08. The van der Waals surface area contributed by atoms with Gasteiger partial charge in [-0.25, -0.2) is 9.97 Å². The molecule has 0 bridgehead atoms. The Morgan fingerprint density at radius 1 is 1.19 bits per heavy atom. The highest BCUT2D eigenvalue weighted by Gasteiger charge is 2.15. The van der Waals surface area contributed by atoms with Crippen molar-refractivity contribution in [1.82, 2.24) is 9.97 Å². The number of nitrogens with zero attached hydrogens (tertiary/aromatic N) is 2. The van der Waals surface area contributed by atoms with Crippen LogP contribution in [0.15, 0.2) is 40.5 Å². The second-order valence-corrected chi connectivity index (χ2v) is 5.97. The molecule has 0 amide bonds. The lowest BCUT2D eigenvalue weighted by molar-refractivity contribution is 0.414. The summed E-state index contributed by atoms with van der Waals surface area (Å²) >= 11 is 1.66. The van der Waals surface area contributed by atoms with Gasteiger partial charge in [0.25, 0.3) is 0 Å². The van der Waals surface area contributed by atoms with Gasteiger partial charge < -0.3 is 10.1 Å². The second-order valence-electron chi connectivity index (χ2n) is 4.90. The summed E-state index contributed by atoms with van der Waals surface area (Å²) in [7, 11) is 1.67. The van der Waals surface area contributed by atoms with Crippen LogP contribution in [0.1, 0.15) is 32.3 Å². The van der Waals surface area contributed by atoms with Crippen LogP contribution in [-0.2, 0) is 0 Å². The molecule has 2 rings (SSSR count). The van der Waals surface area contributed by atoms with E-state index in [1.54, 1.807) is 25.2 Å². The van der Waals surface area contributed by atoms with Gasteiger partial charge >= 0.3 is 0 Å². The number of hydrogen-bond donors (Lipinski definition) is 1. The molecule has 0 unspecified atom stereocenters. The van der Waals surface area contributed by atoms with E-state index in [2.05, 4.69) is 36.1 Å². The van der Waals surface area contributed by atoms with Crippen molar-refractivity contribution in [3.05, 3.63) is 36.2 Å². The Bertz CT molecular complexity index is 585. The van der Waals surface area contributed by atoms with Crippen LogP contribution in [0.4, 0.5) is 5.82 Å². The first-order chi connectivity index (χ1) is 10.2. The van der Waals surface area contributed by atoms with Crippen LogP contribution in [0.3, 0.4) is 0 Å². The van der Waals surface area contributed by atoms with Gasteiger partial charge in [-0.05, 0) is 37.1 Å². The molecule has 0 spiro atoms. The lowest BCUT2D eigenvalue weighted by atomic mass is 10.1. The lowest BCUT2D eigenvalue weighted by Gasteiger charge is -2.16. The van der Waals surface area contributed by atoms with Crippen LogP contribution < -0.4 is 10.1 Å². The summed E-state index contributed by atoms with van der Waals surface area (Å²) in [5.74, 6) is 2.15. The molecule has 112 valence electrons. The van der Waals surface area contributed by atoms with Crippen molar-refractivity contribution in [2.75, 3.05) is 19.0 Å². The van der Waals surface area contributed by atoms with Gasteiger partial charge in [0.2, 0.25) is 0 Å². The van der Waals surface area contributed by atoms with Crippen LogP contribution in [0, 0.1) is 0 Å². The summed E-state index contributed by atoms with van der Waals surface area (Å²) < 4.78 is 5.19. The standard InChI is InChI=1S/C16H21N3OS/c1-5-17-15-14(11(2)3)16(19-10-18-15)21-13-8-6-12(20-4)7-9-13/h6-11H,5H2,1-4H3,(H,17,18,19). The highest BCUT2D eigenvalue weighted by Crippen LogP contribution is 2.35. The summed E-state index contributed by atoms with van der Waals surface area (Å²) in [4.78, 5) is 9.96. The number of ether oxygens (including phenoxy) is 1. The Kier molecular flexibility index (Phi) is 5.44. The highest BCUT2D eigenvalue weighted by molar-refractivity contribution is 7.99. The summed E-state index contributed by atoms with van der Waals surface area (Å²) in [6.45, 7) is 7.25. The molecule has 1 aromatic carbocycles. The molecule has 4 nitrogen and oxygen atoms in total. The maximum atomic E-state index is 5.19. The van der Waals surface area contributed by atoms with Gasteiger partial charge in [0, 0.05) is 17.0 Å². The van der Waals surface area contributed by atoms with Crippen molar-refractivity contribution in [3.63, 3.8) is 0 Å². The van der Waals surface area contributed by atoms with Gasteiger partial charge in [-0.1, -0.05) is 25.6 Å². The highest BCUT2D eigenvalue weighted by atomic mass is 32.2. The molecule has 0 saturated heterocycles. The first kappa shape index (κ1) is 15.6. The minimum atomic E-state index is 0.362. The van der Waals surface area contributed by atoms with Crippen molar-refractivity contribution in [2.45, 2.75) is 36.6 Å². The quantitative estimate of drug-likeness (QED) is 0.811. The van der Waals surface area contributed by atoms with Crippen molar-refractivity contribution in [2.24, 2.45) is 0 Å². The number of hydrogen-bond acceptors (Lipinski definition) is 5. The zero-order valence-corrected chi connectivity index (χ0v) is 13.7. The molecule has 0 saturated carbocycles. The fraction of sp³-hybridized carbons (Fsp3) is 0.375. The summed E-state index contributed by atoms with van der Waals surface area (Å²) in [5, 5.41) is 4.32. The Balaban J connectivity index is 2.31. The van der Waals surface area contributed by atoms with E-state index in [1.807, 2.05) is 24.3 Å². The Morgan fingerprint density at radius 3 is 2.48 bits per heavy atom. The topological polar surface area (TPSA) is 47.0 Å². The first-order valence-corrected chi connectivity index (χ1v) is 7.88. The first-order valence-electron chi connectivity index (χ1n) is 7.06. The van der Waals surface area contributed by atoms with Gasteiger partial charge in [0.15, 0.2) is 0 Å². The molecular formula is C16H21N3OS. The van der Waals surface area contributed by atoms with Crippen LogP contribution in [0.25, 0.3) is 0 Å². The van der Waals surface area contributed by atoms with E-state index in [9.17, 15) is 0 Å². The van der Waals surface area contributed by atoms with E-state index in [0.29, 0.717) is 5.92 Å². The molecule has 1 N–H and O–H groups in total. The van der Waals surface area contributed by atoms with E-state index in [1.165, 1.54) is 5.56 Å². The van der Waals surface area contributed by atoms with Crippen LogP contribution in [0.2, 0.25) is 0 Å². The van der Waals surface area contributed by atoms with Crippen molar-refractivity contribution in [1.29, 1.82) is 0 Å². The third-order valence-electron chi connectivity index (χ3n) is 3.04. The van der Waals surface area contributed by atoms with Crippen molar-refractivity contribution in [3.8, 4) is 5.75 Å². The van der Waals surface area contributed by atoms with Gasteiger partial charge in [0.1, 0.15) is 22.9 Å². The maximum absolute atomic E-state index is 5.19. The minimum Gasteiger partial charge on any atom is -0.497 e. The van der Waals surface area contributed by atoms with E-state index in [0.717, 1.165) is 28.0 Å². The van der Waals surface area contributed by atoms with Crippen LogP contribution >= 0.6 is 11.8 Å². The van der Waals surface area contributed by atoms with Gasteiger partial charge in [-0.2, -0.15) is 0 Å². The molecule has 0 atom stereocenters. The minimum absolute atomic E-state index is 0.362. The zero-order valence-electron chi connectivity index (χ0n) is 12.9. The normalized spacial score (nSPS) is 10.7. The number of nitrogens with one attached hydrogen (secondary N) is 1. The third kappa shape index (κ3) is 3.88. The average molecular weight is 303 g/mol. The average Bonchev–Trinajstić information content (AvgIpc) is 2.48. The molecule has 5 heteroatoms. The van der Waals surface area contributed by atoms with E-state index >= 15 is 0 Å². The van der Waals surface area contributed by atoms with Crippen LogP contribution in [0.5, 0.6) is 5.75 Å². The van der Waals surface area contributed by atoms with Crippen molar-refractivity contribution < 1.29 is 4.74 Å². The van der Waals surface area contributed by atoms with Gasteiger partial charge in [0.05, 0.1) is 7.11 Å². The smallest absolute Gasteiger partial charge is 0.133 e. The largest absolute Gasteiger partial charge is 0.497 e. The summed E-state index contributed by atoms with van der Waals surface area (Å²) in [5.41, 5.74) is 1.17. The van der Waals surface area contributed by atoms with E-state index < -0.39 is 0 Å².